The lowest BCUT2D eigenvalue weighted by Gasteiger charge is -2.13. The first-order valence-electron chi connectivity index (χ1n) is 7.79. The number of hydrogen-bond donors (Lipinski definition) is 1. The fraction of sp³-hybridized carbons (Fsp3) is 0.368. The van der Waals surface area contributed by atoms with Crippen LogP contribution in [0.2, 0.25) is 0 Å². The standard InChI is InChI=1S/C19H25NO/c1-3-20-16(2)18-11-13-19(14-12-18)21-15-7-10-17-8-5-4-6-9-17/h4-6,8-9,11-14,16,20H,3,7,10,15H2,1-2H3. The van der Waals surface area contributed by atoms with Crippen molar-refractivity contribution in [2.45, 2.75) is 32.7 Å². The van der Waals surface area contributed by atoms with Gasteiger partial charge >= 0.3 is 0 Å². The van der Waals surface area contributed by atoms with Gasteiger partial charge in [0.2, 0.25) is 0 Å². The van der Waals surface area contributed by atoms with Gasteiger partial charge in [-0.1, -0.05) is 49.4 Å². The van der Waals surface area contributed by atoms with Gasteiger partial charge in [-0.3, -0.25) is 0 Å². The summed E-state index contributed by atoms with van der Waals surface area (Å²) in [4.78, 5) is 0. The predicted octanol–water partition coefficient (Wildman–Crippen LogP) is 4.37. The summed E-state index contributed by atoms with van der Waals surface area (Å²) in [6.45, 7) is 6.05. The molecule has 1 N–H and O–H groups in total. The van der Waals surface area contributed by atoms with Crippen LogP contribution in [0, 0.1) is 0 Å². The lowest BCUT2D eigenvalue weighted by Crippen LogP contribution is -2.17. The number of rotatable bonds is 8. The van der Waals surface area contributed by atoms with E-state index in [9.17, 15) is 0 Å². The molecule has 0 aliphatic carbocycles. The highest BCUT2D eigenvalue weighted by atomic mass is 16.5. The van der Waals surface area contributed by atoms with Crippen molar-refractivity contribution >= 4 is 0 Å². The third-order valence-corrected chi connectivity index (χ3v) is 3.61. The van der Waals surface area contributed by atoms with Crippen LogP contribution in [0.25, 0.3) is 0 Å². The smallest absolute Gasteiger partial charge is 0.119 e. The molecule has 2 nitrogen and oxygen atoms in total. The summed E-state index contributed by atoms with van der Waals surface area (Å²) in [6.07, 6.45) is 2.11. The average Bonchev–Trinajstić information content (AvgIpc) is 2.53. The van der Waals surface area contributed by atoms with Crippen LogP contribution < -0.4 is 10.1 Å². The van der Waals surface area contributed by atoms with Crippen LogP contribution in [-0.2, 0) is 6.42 Å². The van der Waals surface area contributed by atoms with Crippen molar-refractivity contribution in [1.82, 2.24) is 5.32 Å². The quantitative estimate of drug-likeness (QED) is 0.726. The molecule has 0 heterocycles. The largest absolute Gasteiger partial charge is 0.494 e. The molecular weight excluding hydrogens is 258 g/mol. The van der Waals surface area contributed by atoms with Gasteiger partial charge in [-0.2, -0.15) is 0 Å². The van der Waals surface area contributed by atoms with E-state index in [-0.39, 0.29) is 0 Å². The molecule has 0 fully saturated rings. The third kappa shape index (κ3) is 5.24. The maximum absolute atomic E-state index is 5.80. The Morgan fingerprint density at radius 2 is 1.71 bits per heavy atom. The maximum atomic E-state index is 5.80. The second-order valence-electron chi connectivity index (χ2n) is 5.29. The molecule has 0 amide bonds. The van der Waals surface area contributed by atoms with Crippen molar-refractivity contribution in [3.63, 3.8) is 0 Å². The van der Waals surface area contributed by atoms with E-state index < -0.39 is 0 Å². The molecular formula is C19H25NO. The summed E-state index contributed by atoms with van der Waals surface area (Å²) in [5.74, 6) is 0.954. The van der Waals surface area contributed by atoms with E-state index in [1.54, 1.807) is 0 Å². The van der Waals surface area contributed by atoms with Crippen LogP contribution in [0.15, 0.2) is 54.6 Å². The van der Waals surface area contributed by atoms with Crippen molar-refractivity contribution in [3.05, 3.63) is 65.7 Å². The molecule has 112 valence electrons. The molecule has 0 bridgehead atoms. The highest BCUT2D eigenvalue weighted by Crippen LogP contribution is 2.17. The molecule has 0 saturated carbocycles. The highest BCUT2D eigenvalue weighted by molar-refractivity contribution is 5.29. The Kier molecular flexibility index (Phi) is 6.29. The molecule has 1 atom stereocenters. The van der Waals surface area contributed by atoms with Crippen LogP contribution >= 0.6 is 0 Å². The Bertz CT molecular complexity index is 507. The minimum atomic E-state index is 0.391. The first-order valence-corrected chi connectivity index (χ1v) is 7.79. The molecule has 0 aromatic heterocycles. The van der Waals surface area contributed by atoms with Crippen LogP contribution in [0.4, 0.5) is 0 Å². The zero-order valence-corrected chi connectivity index (χ0v) is 13.0. The second-order valence-corrected chi connectivity index (χ2v) is 5.29. The maximum Gasteiger partial charge on any atom is 0.119 e. The van der Waals surface area contributed by atoms with Crippen molar-refractivity contribution in [3.8, 4) is 5.75 Å². The van der Waals surface area contributed by atoms with E-state index in [0.717, 1.165) is 31.7 Å². The lowest BCUT2D eigenvalue weighted by molar-refractivity contribution is 0.311. The van der Waals surface area contributed by atoms with Crippen molar-refractivity contribution < 1.29 is 4.74 Å². The minimum absolute atomic E-state index is 0.391. The Morgan fingerprint density at radius 1 is 1.00 bits per heavy atom. The fourth-order valence-electron chi connectivity index (χ4n) is 2.39. The van der Waals surface area contributed by atoms with Gasteiger partial charge < -0.3 is 10.1 Å². The number of hydrogen-bond acceptors (Lipinski definition) is 2. The molecule has 0 aliphatic rings. The Hall–Kier alpha value is -1.80. The first kappa shape index (κ1) is 15.6. The van der Waals surface area contributed by atoms with Gasteiger partial charge in [0.15, 0.2) is 0 Å². The normalized spacial score (nSPS) is 12.1. The zero-order valence-electron chi connectivity index (χ0n) is 13.0. The molecule has 2 rings (SSSR count). The van der Waals surface area contributed by atoms with Crippen LogP contribution in [0.5, 0.6) is 5.75 Å². The van der Waals surface area contributed by atoms with Crippen LogP contribution in [-0.4, -0.2) is 13.2 Å². The predicted molar refractivity (Wildman–Crippen MR) is 88.8 cm³/mol. The van der Waals surface area contributed by atoms with Crippen molar-refractivity contribution in [2.24, 2.45) is 0 Å². The van der Waals surface area contributed by atoms with Gasteiger partial charge in [-0.15, -0.1) is 0 Å². The SMILES string of the molecule is CCNC(C)c1ccc(OCCCc2ccccc2)cc1. The number of ether oxygens (including phenoxy) is 1. The summed E-state index contributed by atoms with van der Waals surface area (Å²) in [5.41, 5.74) is 2.67. The molecule has 0 aliphatic heterocycles. The Morgan fingerprint density at radius 3 is 2.38 bits per heavy atom. The third-order valence-electron chi connectivity index (χ3n) is 3.61. The number of benzene rings is 2. The van der Waals surface area contributed by atoms with Gasteiger partial charge in [0, 0.05) is 6.04 Å². The molecule has 0 spiro atoms. The first-order chi connectivity index (χ1) is 10.3. The van der Waals surface area contributed by atoms with Gasteiger partial charge in [-0.25, -0.2) is 0 Å². The zero-order chi connectivity index (χ0) is 14.9. The van der Waals surface area contributed by atoms with Gasteiger partial charge in [0.25, 0.3) is 0 Å². The Labute approximate surface area is 128 Å². The van der Waals surface area contributed by atoms with Crippen LogP contribution in [0.3, 0.4) is 0 Å². The highest BCUT2D eigenvalue weighted by Gasteiger charge is 2.03. The van der Waals surface area contributed by atoms with E-state index in [1.807, 2.05) is 0 Å². The average molecular weight is 283 g/mol. The van der Waals surface area contributed by atoms with E-state index in [2.05, 4.69) is 73.8 Å². The molecule has 2 heteroatoms. The monoisotopic (exact) mass is 283 g/mol. The minimum Gasteiger partial charge on any atom is -0.494 e. The molecule has 21 heavy (non-hydrogen) atoms. The lowest BCUT2D eigenvalue weighted by atomic mass is 10.1. The molecule has 0 radical (unpaired) electrons. The topological polar surface area (TPSA) is 21.3 Å². The number of aryl methyl sites for hydroxylation is 1. The summed E-state index contributed by atoms with van der Waals surface area (Å²) >= 11 is 0. The van der Waals surface area contributed by atoms with Gasteiger partial charge in [0.1, 0.15) is 5.75 Å². The summed E-state index contributed by atoms with van der Waals surface area (Å²) in [7, 11) is 0. The van der Waals surface area contributed by atoms with E-state index in [1.165, 1.54) is 11.1 Å². The molecule has 1 unspecified atom stereocenters. The summed E-state index contributed by atoms with van der Waals surface area (Å²) in [6, 6.07) is 19.3. The van der Waals surface area contributed by atoms with E-state index >= 15 is 0 Å². The second kappa shape index (κ2) is 8.48. The summed E-state index contributed by atoms with van der Waals surface area (Å²) in [5, 5.41) is 3.41. The molecule has 0 saturated heterocycles. The van der Waals surface area contributed by atoms with Crippen molar-refractivity contribution in [2.75, 3.05) is 13.2 Å². The molecule has 2 aromatic carbocycles. The van der Waals surface area contributed by atoms with Gasteiger partial charge in [0.05, 0.1) is 6.61 Å². The van der Waals surface area contributed by atoms with Crippen molar-refractivity contribution in [1.29, 1.82) is 0 Å². The van der Waals surface area contributed by atoms with Gasteiger partial charge in [-0.05, 0) is 49.6 Å². The molecule has 2 aromatic rings. The van der Waals surface area contributed by atoms with Crippen LogP contribution in [0.1, 0.15) is 37.4 Å². The fourth-order valence-corrected chi connectivity index (χ4v) is 2.39. The Balaban J connectivity index is 1.73. The van der Waals surface area contributed by atoms with E-state index in [0.29, 0.717) is 6.04 Å². The summed E-state index contributed by atoms with van der Waals surface area (Å²) < 4.78 is 5.80. The number of nitrogens with one attached hydrogen (secondary N) is 1. The van der Waals surface area contributed by atoms with E-state index in [4.69, 9.17) is 4.74 Å².